The van der Waals surface area contributed by atoms with E-state index in [4.69, 9.17) is 10.5 Å². The second-order valence-corrected chi connectivity index (χ2v) is 3.53. The van der Waals surface area contributed by atoms with Crippen LogP contribution in [-0.4, -0.2) is 18.6 Å². The minimum absolute atomic E-state index is 0.101. The topological polar surface area (TPSA) is 52.3 Å². The molecule has 13 heavy (non-hydrogen) atoms. The van der Waals surface area contributed by atoms with Gasteiger partial charge in [-0.05, 0) is 25.7 Å². The number of allylic oxidation sites excluding steroid dienone is 1. The second kappa shape index (κ2) is 4.42. The predicted octanol–water partition coefficient (Wildman–Crippen LogP) is 1.23. The summed E-state index contributed by atoms with van der Waals surface area (Å²) >= 11 is 0. The lowest BCUT2D eigenvalue weighted by Gasteiger charge is -2.24. The number of esters is 1. The molecule has 0 spiro atoms. The highest BCUT2D eigenvalue weighted by atomic mass is 16.5. The van der Waals surface area contributed by atoms with Crippen molar-refractivity contribution in [3.05, 3.63) is 11.6 Å². The summed E-state index contributed by atoms with van der Waals surface area (Å²) in [7, 11) is 0. The molecule has 0 radical (unpaired) electrons. The first kappa shape index (κ1) is 10.3. The zero-order valence-corrected chi connectivity index (χ0v) is 8.25. The first-order valence-corrected chi connectivity index (χ1v) is 4.77. The third kappa shape index (κ3) is 2.56. The van der Waals surface area contributed by atoms with Gasteiger partial charge in [-0.25, -0.2) is 4.79 Å². The molecule has 2 N–H and O–H groups in total. The quantitative estimate of drug-likeness (QED) is 0.655. The molecule has 3 nitrogen and oxygen atoms in total. The Labute approximate surface area is 78.9 Å². The van der Waals surface area contributed by atoms with Gasteiger partial charge in [0.25, 0.3) is 0 Å². The van der Waals surface area contributed by atoms with Crippen LogP contribution in [0, 0.1) is 5.92 Å². The summed E-state index contributed by atoms with van der Waals surface area (Å²) in [6.45, 7) is 4.34. The van der Waals surface area contributed by atoms with Gasteiger partial charge in [0, 0.05) is 11.6 Å². The molecule has 0 aliphatic heterocycles. The summed E-state index contributed by atoms with van der Waals surface area (Å²) in [6, 6.07) is 0.101. The van der Waals surface area contributed by atoms with Crippen LogP contribution in [0.5, 0.6) is 0 Å². The molecule has 0 unspecified atom stereocenters. The van der Waals surface area contributed by atoms with Gasteiger partial charge in [-0.1, -0.05) is 13.0 Å². The van der Waals surface area contributed by atoms with E-state index in [1.54, 1.807) is 0 Å². The standard InChI is InChI=1S/C10H17NO2/c1-3-13-10(12)8-5-4-7(2)9(11)6-8/h5,7,9H,3-4,6,11H2,1-2H3/t7-,9-/m1/s1. The molecule has 0 saturated carbocycles. The molecule has 0 aromatic rings. The molecule has 0 aromatic carbocycles. The van der Waals surface area contributed by atoms with Crippen molar-refractivity contribution in [1.82, 2.24) is 0 Å². The van der Waals surface area contributed by atoms with Crippen molar-refractivity contribution in [2.24, 2.45) is 11.7 Å². The van der Waals surface area contributed by atoms with E-state index in [-0.39, 0.29) is 12.0 Å². The van der Waals surface area contributed by atoms with Crippen LogP contribution in [0.4, 0.5) is 0 Å². The third-order valence-corrected chi connectivity index (χ3v) is 2.46. The molecule has 74 valence electrons. The van der Waals surface area contributed by atoms with Crippen LogP contribution in [0.25, 0.3) is 0 Å². The highest BCUT2D eigenvalue weighted by Gasteiger charge is 2.22. The van der Waals surface area contributed by atoms with Gasteiger partial charge >= 0.3 is 5.97 Å². The average molecular weight is 183 g/mol. The summed E-state index contributed by atoms with van der Waals surface area (Å²) in [5.74, 6) is 0.267. The molecular formula is C10H17NO2. The highest BCUT2D eigenvalue weighted by molar-refractivity contribution is 5.88. The van der Waals surface area contributed by atoms with E-state index in [0.29, 0.717) is 18.9 Å². The van der Waals surface area contributed by atoms with Crippen LogP contribution in [0.3, 0.4) is 0 Å². The number of hydrogen-bond donors (Lipinski definition) is 1. The second-order valence-electron chi connectivity index (χ2n) is 3.53. The first-order valence-electron chi connectivity index (χ1n) is 4.77. The maximum atomic E-state index is 11.3. The Balaban J connectivity index is 2.57. The van der Waals surface area contributed by atoms with Gasteiger partial charge in [0.1, 0.15) is 0 Å². The lowest BCUT2D eigenvalue weighted by atomic mass is 9.87. The molecule has 2 atom stereocenters. The third-order valence-electron chi connectivity index (χ3n) is 2.46. The van der Waals surface area contributed by atoms with E-state index in [9.17, 15) is 4.79 Å². The maximum absolute atomic E-state index is 11.3. The molecule has 0 heterocycles. The van der Waals surface area contributed by atoms with Crippen LogP contribution in [-0.2, 0) is 9.53 Å². The Hall–Kier alpha value is -0.830. The fourth-order valence-corrected chi connectivity index (χ4v) is 1.43. The maximum Gasteiger partial charge on any atom is 0.333 e. The Morgan fingerprint density at radius 1 is 1.77 bits per heavy atom. The Bertz CT molecular complexity index is 223. The first-order chi connectivity index (χ1) is 6.15. The summed E-state index contributed by atoms with van der Waals surface area (Å²) < 4.78 is 4.90. The van der Waals surface area contributed by atoms with Crippen LogP contribution < -0.4 is 5.73 Å². The SMILES string of the molecule is CCOC(=O)C1=CC[C@@H](C)[C@H](N)C1. The Morgan fingerprint density at radius 3 is 3.00 bits per heavy atom. The Morgan fingerprint density at radius 2 is 2.46 bits per heavy atom. The van der Waals surface area contributed by atoms with E-state index in [1.807, 2.05) is 13.0 Å². The smallest absolute Gasteiger partial charge is 0.333 e. The number of nitrogens with two attached hydrogens (primary N) is 1. The van der Waals surface area contributed by atoms with Crippen molar-refractivity contribution < 1.29 is 9.53 Å². The monoisotopic (exact) mass is 183 g/mol. The van der Waals surface area contributed by atoms with Crippen molar-refractivity contribution in [3.8, 4) is 0 Å². The summed E-state index contributed by atoms with van der Waals surface area (Å²) in [5.41, 5.74) is 6.60. The van der Waals surface area contributed by atoms with Crippen LogP contribution in [0.1, 0.15) is 26.7 Å². The fourth-order valence-electron chi connectivity index (χ4n) is 1.43. The number of carbonyl (C=O) groups is 1. The minimum Gasteiger partial charge on any atom is -0.463 e. The molecule has 3 heteroatoms. The number of carbonyl (C=O) groups excluding carboxylic acids is 1. The lowest BCUT2D eigenvalue weighted by molar-refractivity contribution is -0.138. The number of ether oxygens (including phenoxy) is 1. The van der Waals surface area contributed by atoms with Gasteiger partial charge in [0.15, 0.2) is 0 Å². The van der Waals surface area contributed by atoms with Gasteiger partial charge in [-0.15, -0.1) is 0 Å². The molecule has 0 saturated heterocycles. The average Bonchev–Trinajstić information content (AvgIpc) is 2.10. The van der Waals surface area contributed by atoms with Gasteiger partial charge in [0.2, 0.25) is 0 Å². The lowest BCUT2D eigenvalue weighted by Crippen LogP contribution is -2.32. The fraction of sp³-hybridized carbons (Fsp3) is 0.700. The zero-order chi connectivity index (χ0) is 9.84. The molecule has 0 fully saturated rings. The van der Waals surface area contributed by atoms with E-state index in [1.165, 1.54) is 0 Å². The molecule has 0 bridgehead atoms. The zero-order valence-electron chi connectivity index (χ0n) is 8.25. The van der Waals surface area contributed by atoms with Crippen LogP contribution in [0.2, 0.25) is 0 Å². The number of rotatable bonds is 2. The van der Waals surface area contributed by atoms with Gasteiger partial charge < -0.3 is 10.5 Å². The summed E-state index contributed by atoms with van der Waals surface area (Å²) in [4.78, 5) is 11.3. The van der Waals surface area contributed by atoms with Gasteiger partial charge in [-0.3, -0.25) is 0 Å². The van der Waals surface area contributed by atoms with Crippen molar-refractivity contribution in [3.63, 3.8) is 0 Å². The highest BCUT2D eigenvalue weighted by Crippen LogP contribution is 2.22. The molecular weight excluding hydrogens is 166 g/mol. The van der Waals surface area contributed by atoms with Gasteiger partial charge in [-0.2, -0.15) is 0 Å². The normalized spacial score (nSPS) is 28.1. The number of hydrogen-bond acceptors (Lipinski definition) is 3. The minimum atomic E-state index is -0.204. The summed E-state index contributed by atoms with van der Waals surface area (Å²) in [6.07, 6.45) is 3.49. The van der Waals surface area contributed by atoms with Crippen molar-refractivity contribution in [2.45, 2.75) is 32.7 Å². The van der Waals surface area contributed by atoms with Crippen molar-refractivity contribution >= 4 is 5.97 Å². The Kier molecular flexibility index (Phi) is 3.48. The van der Waals surface area contributed by atoms with E-state index in [2.05, 4.69) is 6.92 Å². The van der Waals surface area contributed by atoms with E-state index >= 15 is 0 Å². The molecule has 0 amide bonds. The van der Waals surface area contributed by atoms with E-state index < -0.39 is 0 Å². The van der Waals surface area contributed by atoms with Crippen molar-refractivity contribution in [1.29, 1.82) is 0 Å². The van der Waals surface area contributed by atoms with Crippen molar-refractivity contribution in [2.75, 3.05) is 6.61 Å². The van der Waals surface area contributed by atoms with Crippen LogP contribution >= 0.6 is 0 Å². The van der Waals surface area contributed by atoms with Crippen LogP contribution in [0.15, 0.2) is 11.6 Å². The van der Waals surface area contributed by atoms with Gasteiger partial charge in [0.05, 0.1) is 6.61 Å². The molecule has 0 aromatic heterocycles. The summed E-state index contributed by atoms with van der Waals surface area (Å²) in [5, 5.41) is 0. The molecule has 1 aliphatic rings. The molecule has 1 rings (SSSR count). The molecule has 1 aliphatic carbocycles. The largest absolute Gasteiger partial charge is 0.463 e. The predicted molar refractivity (Wildman–Crippen MR) is 51.1 cm³/mol. The van der Waals surface area contributed by atoms with E-state index in [0.717, 1.165) is 12.0 Å².